The summed E-state index contributed by atoms with van der Waals surface area (Å²) in [6.07, 6.45) is 4.76. The summed E-state index contributed by atoms with van der Waals surface area (Å²) in [4.78, 5) is 15.3. The summed E-state index contributed by atoms with van der Waals surface area (Å²) in [7, 11) is 1.62. The highest BCUT2D eigenvalue weighted by Crippen LogP contribution is 2.38. The molecule has 1 aliphatic rings. The zero-order valence-electron chi connectivity index (χ0n) is 16.9. The van der Waals surface area contributed by atoms with Gasteiger partial charge in [0.15, 0.2) is 15.8 Å². The number of ether oxygens (including phenoxy) is 2. The molecule has 0 aromatic heterocycles. The van der Waals surface area contributed by atoms with Crippen molar-refractivity contribution < 1.29 is 14.3 Å². The topological polar surface area (TPSA) is 38.8 Å². The van der Waals surface area contributed by atoms with Gasteiger partial charge in [-0.3, -0.25) is 9.69 Å². The number of hydrogen-bond donors (Lipinski definition) is 0. The van der Waals surface area contributed by atoms with Gasteiger partial charge >= 0.3 is 0 Å². The van der Waals surface area contributed by atoms with Crippen LogP contribution in [0.2, 0.25) is 0 Å². The van der Waals surface area contributed by atoms with Gasteiger partial charge in [-0.25, -0.2) is 0 Å². The Balaban J connectivity index is 1.86. The Morgan fingerprint density at radius 3 is 2.66 bits per heavy atom. The number of methoxy groups -OCH3 is 1. The molecule has 0 radical (unpaired) electrons. The predicted octanol–water partition coefficient (Wildman–Crippen LogP) is 5.84. The molecule has 0 unspecified atom stereocenters. The van der Waals surface area contributed by atoms with E-state index in [-0.39, 0.29) is 5.91 Å². The predicted molar refractivity (Wildman–Crippen MR) is 125 cm³/mol. The van der Waals surface area contributed by atoms with E-state index in [4.69, 9.17) is 21.7 Å². The number of anilines is 1. The highest BCUT2D eigenvalue weighted by atomic mass is 32.2. The Kier molecular flexibility index (Phi) is 7.34. The summed E-state index contributed by atoms with van der Waals surface area (Å²) < 4.78 is 11.8. The van der Waals surface area contributed by atoms with Crippen LogP contribution >= 0.6 is 24.0 Å². The van der Waals surface area contributed by atoms with Gasteiger partial charge in [-0.2, -0.15) is 0 Å². The molecular formula is C23H25NO3S2. The maximum Gasteiger partial charge on any atom is 0.270 e. The molecule has 0 bridgehead atoms. The van der Waals surface area contributed by atoms with Crippen molar-refractivity contribution in [3.63, 3.8) is 0 Å². The number of hydrogen-bond acceptors (Lipinski definition) is 5. The van der Waals surface area contributed by atoms with Gasteiger partial charge in [-0.05, 0) is 48.2 Å². The lowest BCUT2D eigenvalue weighted by Crippen LogP contribution is -2.28. The van der Waals surface area contributed by atoms with E-state index in [9.17, 15) is 4.79 Å². The minimum atomic E-state index is -0.0943. The van der Waals surface area contributed by atoms with Crippen molar-refractivity contribution in [2.24, 2.45) is 0 Å². The number of carbonyl (C=O) groups is 1. The first-order valence-electron chi connectivity index (χ1n) is 9.75. The highest BCUT2D eigenvalue weighted by Gasteiger charge is 2.34. The number of nitrogens with zero attached hydrogens (tertiary/aromatic N) is 1. The molecule has 0 saturated carbocycles. The van der Waals surface area contributed by atoms with Gasteiger partial charge in [0.2, 0.25) is 0 Å². The third kappa shape index (κ3) is 4.82. The lowest BCUT2D eigenvalue weighted by Gasteiger charge is -2.18. The molecule has 3 rings (SSSR count). The second-order valence-electron chi connectivity index (χ2n) is 6.61. The smallest absolute Gasteiger partial charge is 0.270 e. The number of thiocarbonyl (C=S) groups is 1. The number of benzene rings is 2. The number of amides is 1. The van der Waals surface area contributed by atoms with Crippen molar-refractivity contribution in [2.75, 3.05) is 18.6 Å². The zero-order chi connectivity index (χ0) is 20.8. The maximum absolute atomic E-state index is 13.1. The number of unbranched alkanes of at least 4 members (excludes halogenated alkanes) is 1. The molecule has 1 amide bonds. The average Bonchev–Trinajstić information content (AvgIpc) is 3.01. The van der Waals surface area contributed by atoms with E-state index in [1.807, 2.05) is 48.5 Å². The second-order valence-corrected chi connectivity index (χ2v) is 8.29. The summed E-state index contributed by atoms with van der Waals surface area (Å²) in [5.74, 6) is 1.27. The summed E-state index contributed by atoms with van der Waals surface area (Å²) >= 11 is 6.83. The van der Waals surface area contributed by atoms with E-state index >= 15 is 0 Å². The minimum absolute atomic E-state index is 0.0943. The summed E-state index contributed by atoms with van der Waals surface area (Å²) in [6.45, 7) is 4.85. The number of thioether (sulfide) groups is 1. The van der Waals surface area contributed by atoms with Crippen molar-refractivity contribution in [3.05, 3.63) is 58.5 Å². The monoisotopic (exact) mass is 427 g/mol. The normalized spacial score (nSPS) is 15.3. The fourth-order valence-electron chi connectivity index (χ4n) is 3.07. The molecule has 0 aliphatic carbocycles. The number of aryl methyl sites for hydroxylation is 1. The molecule has 1 heterocycles. The van der Waals surface area contributed by atoms with E-state index < -0.39 is 0 Å². The molecule has 2 aromatic carbocycles. The molecular weight excluding hydrogens is 402 g/mol. The van der Waals surface area contributed by atoms with Crippen molar-refractivity contribution in [3.8, 4) is 11.5 Å². The molecule has 0 spiro atoms. The standard InChI is InChI=1S/C23H25NO3S2/c1-4-6-13-27-19-12-11-16(14-20(19)26-3)15-21-22(25)24(23(28)29-21)18-10-8-7-9-17(18)5-2/h7-12,14-15H,4-6,13H2,1-3H3. The van der Waals surface area contributed by atoms with Crippen LogP contribution in [0.4, 0.5) is 5.69 Å². The summed E-state index contributed by atoms with van der Waals surface area (Å²) in [5, 5.41) is 0. The first kappa shape index (κ1) is 21.4. The quantitative estimate of drug-likeness (QED) is 0.300. The van der Waals surface area contributed by atoms with Crippen molar-refractivity contribution in [1.82, 2.24) is 0 Å². The maximum atomic E-state index is 13.1. The molecule has 0 atom stereocenters. The van der Waals surface area contributed by atoms with E-state index in [0.29, 0.717) is 27.3 Å². The van der Waals surface area contributed by atoms with Crippen LogP contribution in [0.25, 0.3) is 6.08 Å². The third-order valence-electron chi connectivity index (χ3n) is 4.65. The lowest BCUT2D eigenvalue weighted by atomic mass is 10.1. The van der Waals surface area contributed by atoms with Gasteiger partial charge in [-0.15, -0.1) is 0 Å². The Morgan fingerprint density at radius 1 is 1.14 bits per heavy atom. The van der Waals surface area contributed by atoms with Crippen LogP contribution in [-0.4, -0.2) is 23.9 Å². The largest absolute Gasteiger partial charge is 0.493 e. The van der Waals surface area contributed by atoms with Crippen molar-refractivity contribution in [2.45, 2.75) is 33.1 Å². The lowest BCUT2D eigenvalue weighted by molar-refractivity contribution is -0.113. The van der Waals surface area contributed by atoms with Gasteiger partial charge in [-0.1, -0.05) is 68.5 Å². The van der Waals surface area contributed by atoms with E-state index in [1.54, 1.807) is 12.0 Å². The zero-order valence-corrected chi connectivity index (χ0v) is 18.6. The number of carbonyl (C=O) groups excluding carboxylic acids is 1. The Labute approximate surface area is 181 Å². The second kappa shape index (κ2) is 9.94. The minimum Gasteiger partial charge on any atom is -0.493 e. The van der Waals surface area contributed by atoms with Crippen molar-refractivity contribution in [1.29, 1.82) is 0 Å². The Bertz CT molecular complexity index is 939. The average molecular weight is 428 g/mol. The third-order valence-corrected chi connectivity index (χ3v) is 5.95. The molecule has 152 valence electrons. The fraction of sp³-hybridized carbons (Fsp3) is 0.304. The van der Waals surface area contributed by atoms with E-state index in [2.05, 4.69) is 13.8 Å². The molecule has 1 saturated heterocycles. The fourth-order valence-corrected chi connectivity index (χ4v) is 4.36. The van der Waals surface area contributed by atoms with Gasteiger partial charge in [0.1, 0.15) is 0 Å². The SMILES string of the molecule is CCCCOc1ccc(C=C2SC(=S)N(c3ccccc3CC)C2=O)cc1OC. The summed E-state index contributed by atoms with van der Waals surface area (Å²) in [5.41, 5.74) is 2.83. The molecule has 29 heavy (non-hydrogen) atoms. The van der Waals surface area contributed by atoms with Gasteiger partial charge in [0.25, 0.3) is 5.91 Å². The number of rotatable bonds is 8. The van der Waals surface area contributed by atoms with Crippen LogP contribution in [0.15, 0.2) is 47.4 Å². The first-order valence-corrected chi connectivity index (χ1v) is 11.0. The van der Waals surface area contributed by atoms with Gasteiger partial charge < -0.3 is 9.47 Å². The van der Waals surface area contributed by atoms with E-state index in [1.165, 1.54) is 11.8 Å². The molecule has 2 aromatic rings. The molecule has 6 heteroatoms. The van der Waals surface area contributed by atoms with Gasteiger partial charge in [0, 0.05) is 0 Å². The van der Waals surface area contributed by atoms with Crippen LogP contribution in [0, 0.1) is 0 Å². The molecule has 1 fully saturated rings. The summed E-state index contributed by atoms with van der Waals surface area (Å²) in [6, 6.07) is 13.6. The van der Waals surface area contributed by atoms with Crippen molar-refractivity contribution >= 4 is 46.0 Å². The number of para-hydroxylation sites is 1. The van der Waals surface area contributed by atoms with E-state index in [0.717, 1.165) is 36.1 Å². The molecule has 1 aliphatic heterocycles. The Morgan fingerprint density at radius 2 is 1.93 bits per heavy atom. The van der Waals surface area contributed by atoms with Crippen LogP contribution < -0.4 is 14.4 Å². The van der Waals surface area contributed by atoms with Crippen LogP contribution in [0.1, 0.15) is 37.8 Å². The van der Waals surface area contributed by atoms with Gasteiger partial charge in [0.05, 0.1) is 24.3 Å². The highest BCUT2D eigenvalue weighted by molar-refractivity contribution is 8.27. The molecule has 0 N–H and O–H groups in total. The first-order chi connectivity index (χ1) is 14.1. The molecule has 4 nitrogen and oxygen atoms in total. The van der Waals surface area contributed by atoms with Crippen LogP contribution in [0.5, 0.6) is 11.5 Å². The Hall–Kier alpha value is -2.31. The van der Waals surface area contributed by atoms with Crippen LogP contribution in [-0.2, 0) is 11.2 Å². The van der Waals surface area contributed by atoms with Crippen LogP contribution in [0.3, 0.4) is 0 Å².